The Kier molecular flexibility index (Phi) is 3.64. The Morgan fingerprint density at radius 2 is 1.94 bits per heavy atom. The van der Waals surface area contributed by atoms with Crippen LogP contribution in [0.1, 0.15) is 18.4 Å². The maximum absolute atomic E-state index is 13.3. The van der Waals surface area contributed by atoms with Crippen molar-refractivity contribution in [3.8, 4) is 0 Å². The molecule has 0 saturated carbocycles. The van der Waals surface area contributed by atoms with Gasteiger partial charge in [-0.05, 0) is 17.7 Å². The Hall–Kier alpha value is -1.01. The molecule has 0 saturated heterocycles. The summed E-state index contributed by atoms with van der Waals surface area (Å²) in [7, 11) is -3.59. The van der Waals surface area contributed by atoms with Gasteiger partial charge in [0.25, 0.3) is 0 Å². The summed E-state index contributed by atoms with van der Waals surface area (Å²) < 4.78 is 48.9. The largest absolute Gasteiger partial charge is 0.396 e. The van der Waals surface area contributed by atoms with Crippen molar-refractivity contribution in [2.75, 3.05) is 12.9 Å². The average Bonchev–Trinajstić information content (AvgIpc) is 2.19. The Labute approximate surface area is 92.6 Å². The summed E-state index contributed by atoms with van der Waals surface area (Å²) in [5.74, 6) is -3.00. The van der Waals surface area contributed by atoms with Crippen molar-refractivity contribution in [2.24, 2.45) is 0 Å². The van der Waals surface area contributed by atoms with Crippen LogP contribution in [0.15, 0.2) is 17.0 Å². The first-order valence-electron chi connectivity index (χ1n) is 4.57. The summed E-state index contributed by atoms with van der Waals surface area (Å²) in [6.45, 7) is 1.09. The lowest BCUT2D eigenvalue weighted by Gasteiger charge is -2.11. The topological polar surface area (TPSA) is 54.4 Å². The van der Waals surface area contributed by atoms with Crippen LogP contribution in [0.3, 0.4) is 0 Å². The third-order valence-corrected chi connectivity index (χ3v) is 3.35. The van der Waals surface area contributed by atoms with Gasteiger partial charge in [0.05, 0.1) is 4.90 Å². The number of sulfone groups is 1. The molecule has 0 radical (unpaired) electrons. The highest BCUT2D eigenvalue weighted by atomic mass is 32.2. The SMILES string of the molecule is CC(CO)c1cc(S(C)(=O)=O)cc(F)c1F. The van der Waals surface area contributed by atoms with Gasteiger partial charge in [-0.1, -0.05) is 6.92 Å². The number of hydrogen-bond acceptors (Lipinski definition) is 3. The van der Waals surface area contributed by atoms with Crippen LogP contribution in [0.2, 0.25) is 0 Å². The molecule has 0 fully saturated rings. The number of hydrogen-bond donors (Lipinski definition) is 1. The first kappa shape index (κ1) is 13.1. The van der Waals surface area contributed by atoms with Gasteiger partial charge >= 0.3 is 0 Å². The molecule has 0 aromatic heterocycles. The van der Waals surface area contributed by atoms with E-state index < -0.39 is 27.4 Å². The van der Waals surface area contributed by atoms with Gasteiger partial charge in [-0.15, -0.1) is 0 Å². The first-order valence-corrected chi connectivity index (χ1v) is 6.46. The van der Waals surface area contributed by atoms with E-state index in [1.54, 1.807) is 0 Å². The average molecular weight is 250 g/mol. The van der Waals surface area contributed by atoms with E-state index >= 15 is 0 Å². The van der Waals surface area contributed by atoms with E-state index in [0.29, 0.717) is 6.07 Å². The minimum Gasteiger partial charge on any atom is -0.396 e. The number of halogens is 2. The highest BCUT2D eigenvalue weighted by Crippen LogP contribution is 2.24. The molecule has 0 spiro atoms. The van der Waals surface area contributed by atoms with Gasteiger partial charge in [0.15, 0.2) is 21.5 Å². The summed E-state index contributed by atoms with van der Waals surface area (Å²) in [5.41, 5.74) is -0.136. The molecule has 0 bridgehead atoms. The van der Waals surface area contributed by atoms with Crippen LogP contribution in [-0.2, 0) is 9.84 Å². The zero-order valence-electron chi connectivity index (χ0n) is 8.87. The molecular formula is C10H12F2O3S. The third-order valence-electron chi connectivity index (χ3n) is 2.26. The molecule has 6 heteroatoms. The normalized spacial score (nSPS) is 13.8. The lowest BCUT2D eigenvalue weighted by molar-refractivity contribution is 0.269. The Bertz CT molecular complexity index is 497. The zero-order valence-corrected chi connectivity index (χ0v) is 9.68. The Morgan fingerprint density at radius 1 is 1.38 bits per heavy atom. The Balaban J connectivity index is 3.45. The molecule has 0 aliphatic heterocycles. The molecule has 90 valence electrons. The van der Waals surface area contributed by atoms with Crippen LogP contribution < -0.4 is 0 Å². The minimum atomic E-state index is -3.59. The van der Waals surface area contributed by atoms with Crippen molar-refractivity contribution in [2.45, 2.75) is 17.7 Å². The fourth-order valence-electron chi connectivity index (χ4n) is 1.26. The van der Waals surface area contributed by atoms with Crippen molar-refractivity contribution in [3.05, 3.63) is 29.3 Å². The monoisotopic (exact) mass is 250 g/mol. The maximum atomic E-state index is 13.3. The van der Waals surface area contributed by atoms with Crippen molar-refractivity contribution < 1.29 is 22.3 Å². The minimum absolute atomic E-state index is 0.136. The molecule has 1 N–H and O–H groups in total. The second-order valence-electron chi connectivity index (χ2n) is 3.66. The lowest BCUT2D eigenvalue weighted by atomic mass is 10.0. The van der Waals surface area contributed by atoms with Crippen LogP contribution in [0, 0.1) is 11.6 Å². The van der Waals surface area contributed by atoms with E-state index in [2.05, 4.69) is 0 Å². The van der Waals surface area contributed by atoms with Gasteiger partial charge in [0.2, 0.25) is 0 Å². The van der Waals surface area contributed by atoms with E-state index in [4.69, 9.17) is 5.11 Å². The van der Waals surface area contributed by atoms with Crippen molar-refractivity contribution in [3.63, 3.8) is 0 Å². The van der Waals surface area contributed by atoms with E-state index in [0.717, 1.165) is 12.3 Å². The molecule has 1 rings (SSSR count). The molecule has 3 nitrogen and oxygen atoms in total. The predicted molar refractivity (Wildman–Crippen MR) is 55.0 cm³/mol. The van der Waals surface area contributed by atoms with Crippen LogP contribution in [-0.4, -0.2) is 26.4 Å². The van der Waals surface area contributed by atoms with Gasteiger partial charge < -0.3 is 5.11 Å². The van der Waals surface area contributed by atoms with Gasteiger partial charge in [-0.3, -0.25) is 0 Å². The number of rotatable bonds is 3. The lowest BCUT2D eigenvalue weighted by Crippen LogP contribution is -2.07. The molecule has 1 aromatic carbocycles. The van der Waals surface area contributed by atoms with Gasteiger partial charge in [0, 0.05) is 18.8 Å². The summed E-state index contributed by atoms with van der Waals surface area (Å²) in [6, 6.07) is 1.69. The number of benzene rings is 1. The highest BCUT2D eigenvalue weighted by Gasteiger charge is 2.19. The molecule has 0 aliphatic rings. The number of aliphatic hydroxyl groups excluding tert-OH is 1. The highest BCUT2D eigenvalue weighted by molar-refractivity contribution is 7.90. The fraction of sp³-hybridized carbons (Fsp3) is 0.400. The van der Waals surface area contributed by atoms with Crippen molar-refractivity contribution in [1.29, 1.82) is 0 Å². The van der Waals surface area contributed by atoms with E-state index in [-0.39, 0.29) is 17.1 Å². The van der Waals surface area contributed by atoms with Gasteiger partial charge in [0.1, 0.15) is 0 Å². The smallest absolute Gasteiger partial charge is 0.175 e. The van der Waals surface area contributed by atoms with Crippen LogP contribution in [0.4, 0.5) is 8.78 Å². The quantitative estimate of drug-likeness (QED) is 0.826. The summed E-state index contributed by atoms with van der Waals surface area (Å²) in [4.78, 5) is -0.290. The first-order chi connectivity index (χ1) is 7.27. The van der Waals surface area contributed by atoms with E-state index in [9.17, 15) is 17.2 Å². The Morgan fingerprint density at radius 3 is 2.38 bits per heavy atom. The maximum Gasteiger partial charge on any atom is 0.175 e. The molecule has 0 heterocycles. The molecule has 16 heavy (non-hydrogen) atoms. The molecule has 1 atom stereocenters. The molecule has 1 unspecified atom stereocenters. The van der Waals surface area contributed by atoms with E-state index in [1.807, 2.05) is 0 Å². The van der Waals surface area contributed by atoms with Gasteiger partial charge in [-0.25, -0.2) is 17.2 Å². The second-order valence-corrected chi connectivity index (χ2v) is 5.68. The van der Waals surface area contributed by atoms with Gasteiger partial charge in [-0.2, -0.15) is 0 Å². The fourth-order valence-corrected chi connectivity index (χ4v) is 1.91. The van der Waals surface area contributed by atoms with Crippen LogP contribution in [0.5, 0.6) is 0 Å². The third kappa shape index (κ3) is 2.56. The van der Waals surface area contributed by atoms with Crippen molar-refractivity contribution >= 4 is 9.84 Å². The predicted octanol–water partition coefficient (Wildman–Crippen LogP) is 1.46. The zero-order chi connectivity index (χ0) is 12.5. The molecule has 1 aromatic rings. The van der Waals surface area contributed by atoms with Crippen LogP contribution in [0.25, 0.3) is 0 Å². The number of aliphatic hydroxyl groups is 1. The van der Waals surface area contributed by atoms with E-state index in [1.165, 1.54) is 6.92 Å². The van der Waals surface area contributed by atoms with Crippen LogP contribution >= 0.6 is 0 Å². The molecule has 0 amide bonds. The standard InChI is InChI=1S/C10H12F2O3S/c1-6(5-13)8-3-7(16(2,14)15)4-9(11)10(8)12/h3-4,6,13H,5H2,1-2H3. The second kappa shape index (κ2) is 4.47. The van der Waals surface area contributed by atoms with Crippen molar-refractivity contribution in [1.82, 2.24) is 0 Å². The summed E-state index contributed by atoms with van der Waals surface area (Å²) in [6.07, 6.45) is 0.910. The summed E-state index contributed by atoms with van der Waals surface area (Å²) >= 11 is 0. The summed E-state index contributed by atoms with van der Waals surface area (Å²) in [5, 5.41) is 8.86. The molecular weight excluding hydrogens is 238 g/mol. The molecule has 0 aliphatic carbocycles.